The highest BCUT2D eigenvalue weighted by molar-refractivity contribution is 5.56. The first-order valence-corrected chi connectivity index (χ1v) is 4.49. The molecule has 5 heteroatoms. The highest BCUT2D eigenvalue weighted by atomic mass is 19.1. The lowest BCUT2D eigenvalue weighted by Crippen LogP contribution is -1.98. The van der Waals surface area contributed by atoms with Gasteiger partial charge in [-0.25, -0.2) is 9.37 Å². The van der Waals surface area contributed by atoms with E-state index in [-0.39, 0.29) is 5.82 Å². The summed E-state index contributed by atoms with van der Waals surface area (Å²) in [4.78, 5) is 3.91. The Hall–Kier alpha value is -1.75. The molecule has 2 aromatic rings. The molecule has 0 radical (unpaired) electrons. The highest BCUT2D eigenvalue weighted by Crippen LogP contribution is 2.23. The number of rotatable bonds is 2. The Morgan fingerprint density at radius 1 is 1.47 bits per heavy atom. The second-order valence-corrected chi connectivity index (χ2v) is 3.15. The molecule has 15 heavy (non-hydrogen) atoms. The molecule has 0 fully saturated rings. The van der Waals surface area contributed by atoms with Crippen molar-refractivity contribution < 1.29 is 8.91 Å². The number of pyridine rings is 1. The molecule has 0 amide bonds. The van der Waals surface area contributed by atoms with Crippen molar-refractivity contribution in [1.29, 1.82) is 0 Å². The van der Waals surface area contributed by atoms with E-state index in [9.17, 15) is 4.39 Å². The van der Waals surface area contributed by atoms with Crippen LogP contribution in [0, 0.1) is 12.7 Å². The fourth-order valence-corrected chi connectivity index (χ4v) is 1.31. The van der Waals surface area contributed by atoms with Crippen molar-refractivity contribution in [1.82, 2.24) is 10.1 Å². The van der Waals surface area contributed by atoms with Crippen molar-refractivity contribution >= 4 is 0 Å². The Morgan fingerprint density at radius 2 is 2.27 bits per heavy atom. The van der Waals surface area contributed by atoms with Gasteiger partial charge < -0.3 is 10.3 Å². The molecular weight excluding hydrogens is 197 g/mol. The van der Waals surface area contributed by atoms with E-state index in [0.29, 0.717) is 23.7 Å². The molecule has 2 rings (SSSR count). The maximum absolute atomic E-state index is 12.6. The fraction of sp³-hybridized carbons (Fsp3) is 0.200. The van der Waals surface area contributed by atoms with Gasteiger partial charge in [0.25, 0.3) is 0 Å². The third-order valence-corrected chi connectivity index (χ3v) is 2.17. The molecule has 0 aliphatic heterocycles. The first-order chi connectivity index (χ1) is 7.22. The van der Waals surface area contributed by atoms with Crippen LogP contribution >= 0.6 is 0 Å². The summed E-state index contributed by atoms with van der Waals surface area (Å²) in [6, 6.07) is 2.87. The van der Waals surface area contributed by atoms with Gasteiger partial charge >= 0.3 is 0 Å². The number of halogens is 1. The van der Waals surface area contributed by atoms with E-state index in [4.69, 9.17) is 10.3 Å². The van der Waals surface area contributed by atoms with Gasteiger partial charge in [-0.3, -0.25) is 0 Å². The van der Waals surface area contributed by atoms with Crippen LogP contribution in [0.4, 0.5) is 4.39 Å². The van der Waals surface area contributed by atoms with Crippen molar-refractivity contribution in [2.75, 3.05) is 0 Å². The van der Waals surface area contributed by atoms with E-state index < -0.39 is 0 Å². The molecule has 0 aliphatic rings. The van der Waals surface area contributed by atoms with Crippen LogP contribution in [0.15, 0.2) is 22.9 Å². The largest absolute Gasteiger partial charge is 0.354 e. The van der Waals surface area contributed by atoms with Gasteiger partial charge in [0.05, 0.1) is 6.20 Å². The number of hydrogen-bond acceptors (Lipinski definition) is 4. The van der Waals surface area contributed by atoms with E-state index in [1.807, 2.05) is 6.92 Å². The van der Waals surface area contributed by atoms with Crippen LogP contribution in [-0.2, 0) is 6.54 Å². The van der Waals surface area contributed by atoms with Crippen LogP contribution in [0.1, 0.15) is 11.3 Å². The number of aromatic nitrogens is 2. The van der Waals surface area contributed by atoms with Gasteiger partial charge in [-0.05, 0) is 19.1 Å². The highest BCUT2D eigenvalue weighted by Gasteiger charge is 2.13. The van der Waals surface area contributed by atoms with Gasteiger partial charge in [0.1, 0.15) is 17.2 Å². The van der Waals surface area contributed by atoms with Gasteiger partial charge in [-0.2, -0.15) is 0 Å². The summed E-state index contributed by atoms with van der Waals surface area (Å²) < 4.78 is 17.7. The van der Waals surface area contributed by atoms with Crippen LogP contribution in [0.2, 0.25) is 0 Å². The van der Waals surface area contributed by atoms with Gasteiger partial charge in [0.15, 0.2) is 5.76 Å². The Balaban J connectivity index is 2.45. The average molecular weight is 207 g/mol. The second-order valence-electron chi connectivity index (χ2n) is 3.15. The number of hydrogen-bond donors (Lipinski definition) is 1. The molecular formula is C10H10FN3O. The quantitative estimate of drug-likeness (QED) is 0.813. The molecule has 2 aromatic heterocycles. The molecule has 0 bridgehead atoms. The first-order valence-electron chi connectivity index (χ1n) is 4.49. The molecule has 0 aliphatic carbocycles. The normalized spacial score (nSPS) is 10.6. The summed E-state index contributed by atoms with van der Waals surface area (Å²) in [5.74, 6) is 0.158. The molecule has 0 saturated heterocycles. The summed E-state index contributed by atoms with van der Waals surface area (Å²) in [7, 11) is 0. The maximum atomic E-state index is 12.6. The minimum absolute atomic E-state index is 0.316. The third-order valence-electron chi connectivity index (χ3n) is 2.17. The molecule has 78 valence electrons. The zero-order valence-electron chi connectivity index (χ0n) is 8.20. The predicted octanol–water partition coefficient (Wildman–Crippen LogP) is 1.64. The zero-order chi connectivity index (χ0) is 10.8. The topological polar surface area (TPSA) is 64.9 Å². The lowest BCUT2D eigenvalue weighted by molar-refractivity contribution is 0.422. The minimum atomic E-state index is -0.380. The summed E-state index contributed by atoms with van der Waals surface area (Å²) in [5.41, 5.74) is 7.55. The molecule has 2 heterocycles. The van der Waals surface area contributed by atoms with Crippen molar-refractivity contribution in [3.8, 4) is 11.5 Å². The van der Waals surface area contributed by atoms with Gasteiger partial charge in [0.2, 0.25) is 0 Å². The van der Waals surface area contributed by atoms with Crippen LogP contribution in [0.3, 0.4) is 0 Å². The van der Waals surface area contributed by atoms with Crippen molar-refractivity contribution in [2.45, 2.75) is 13.5 Å². The summed E-state index contributed by atoms with van der Waals surface area (Å²) in [6.07, 6.45) is 1.14. The van der Waals surface area contributed by atoms with E-state index in [2.05, 4.69) is 10.1 Å². The van der Waals surface area contributed by atoms with E-state index in [0.717, 1.165) is 11.8 Å². The Bertz CT molecular complexity index is 464. The van der Waals surface area contributed by atoms with Crippen LogP contribution < -0.4 is 5.73 Å². The lowest BCUT2D eigenvalue weighted by atomic mass is 10.1. The second kappa shape index (κ2) is 3.78. The Kier molecular flexibility index (Phi) is 2.47. The molecule has 0 atom stereocenters. The van der Waals surface area contributed by atoms with Gasteiger partial charge in [-0.15, -0.1) is 0 Å². The van der Waals surface area contributed by atoms with Crippen molar-refractivity contribution in [3.63, 3.8) is 0 Å². The van der Waals surface area contributed by atoms with Gasteiger partial charge in [-0.1, -0.05) is 5.16 Å². The molecule has 4 nitrogen and oxygen atoms in total. The smallest absolute Gasteiger partial charge is 0.188 e. The predicted molar refractivity (Wildman–Crippen MR) is 52.3 cm³/mol. The molecule has 0 unspecified atom stereocenters. The van der Waals surface area contributed by atoms with Crippen molar-refractivity contribution in [2.24, 2.45) is 5.73 Å². The van der Waals surface area contributed by atoms with E-state index >= 15 is 0 Å². The minimum Gasteiger partial charge on any atom is -0.354 e. The fourth-order valence-electron chi connectivity index (χ4n) is 1.31. The van der Waals surface area contributed by atoms with E-state index in [1.165, 1.54) is 6.07 Å². The SMILES string of the molecule is Cc1c(CN)noc1-c1ccc(F)cn1. The standard InChI is InChI=1S/C10H10FN3O/c1-6-9(4-12)14-15-10(6)8-3-2-7(11)5-13-8/h2-3,5H,4,12H2,1H3. The Morgan fingerprint density at radius 3 is 2.80 bits per heavy atom. The van der Waals surface area contributed by atoms with Crippen molar-refractivity contribution in [3.05, 3.63) is 35.4 Å². The number of nitrogens with two attached hydrogens (primary N) is 1. The molecule has 0 spiro atoms. The lowest BCUT2D eigenvalue weighted by Gasteiger charge is -1.96. The zero-order valence-corrected chi connectivity index (χ0v) is 8.20. The molecule has 0 saturated carbocycles. The van der Waals surface area contributed by atoms with Gasteiger partial charge in [0, 0.05) is 12.1 Å². The van der Waals surface area contributed by atoms with Crippen LogP contribution in [0.25, 0.3) is 11.5 Å². The first kappa shape index (κ1) is 9.79. The third kappa shape index (κ3) is 1.73. The number of nitrogens with zero attached hydrogens (tertiary/aromatic N) is 2. The summed E-state index contributed by atoms with van der Waals surface area (Å²) in [6.45, 7) is 2.16. The summed E-state index contributed by atoms with van der Waals surface area (Å²) in [5, 5.41) is 3.80. The van der Waals surface area contributed by atoms with Crippen LogP contribution in [0.5, 0.6) is 0 Å². The molecule has 2 N–H and O–H groups in total. The van der Waals surface area contributed by atoms with Crippen LogP contribution in [-0.4, -0.2) is 10.1 Å². The average Bonchev–Trinajstić information content (AvgIpc) is 2.61. The summed E-state index contributed by atoms with van der Waals surface area (Å²) >= 11 is 0. The van der Waals surface area contributed by atoms with E-state index in [1.54, 1.807) is 6.07 Å². The monoisotopic (exact) mass is 207 g/mol. The Labute approximate surface area is 85.9 Å². The maximum Gasteiger partial charge on any atom is 0.188 e. The molecule has 0 aromatic carbocycles.